The van der Waals surface area contributed by atoms with Gasteiger partial charge in [-0.1, -0.05) is 6.92 Å². The van der Waals surface area contributed by atoms with Gasteiger partial charge in [0.15, 0.2) is 0 Å². The van der Waals surface area contributed by atoms with Crippen LogP contribution in [0, 0.1) is 0 Å². The lowest BCUT2D eigenvalue weighted by atomic mass is 10.0. The van der Waals surface area contributed by atoms with Gasteiger partial charge >= 0.3 is 0 Å². The van der Waals surface area contributed by atoms with Gasteiger partial charge in [-0.15, -0.1) is 0 Å². The second kappa shape index (κ2) is 5.42. The number of nitrogens with one attached hydrogen (secondary N) is 1. The maximum absolute atomic E-state index is 5.07. The molecule has 2 aromatic rings. The lowest BCUT2D eigenvalue weighted by Crippen LogP contribution is -2.23. The summed E-state index contributed by atoms with van der Waals surface area (Å²) >= 11 is 0. The van der Waals surface area contributed by atoms with Crippen LogP contribution in [-0.2, 0) is 6.42 Å². The molecule has 0 aliphatic heterocycles. The molecular formula is C12H15N3O. The van der Waals surface area contributed by atoms with Crippen molar-refractivity contribution in [3.8, 4) is 0 Å². The highest BCUT2D eigenvalue weighted by Crippen LogP contribution is 2.16. The van der Waals surface area contributed by atoms with E-state index in [1.54, 1.807) is 18.9 Å². The fourth-order valence-corrected chi connectivity index (χ4v) is 1.69. The summed E-state index contributed by atoms with van der Waals surface area (Å²) in [5, 5.41) is 3.42. The Labute approximate surface area is 94.7 Å². The Morgan fingerprint density at radius 2 is 2.19 bits per heavy atom. The first-order chi connectivity index (χ1) is 7.90. The van der Waals surface area contributed by atoms with E-state index in [2.05, 4.69) is 22.2 Å². The maximum Gasteiger partial charge on any atom is 0.115 e. The summed E-state index contributed by atoms with van der Waals surface area (Å²) in [5.41, 5.74) is 2.28. The van der Waals surface area contributed by atoms with E-state index in [0.717, 1.165) is 18.5 Å². The number of rotatable bonds is 5. The van der Waals surface area contributed by atoms with E-state index in [-0.39, 0.29) is 6.04 Å². The predicted octanol–water partition coefficient (Wildman–Crippen LogP) is 1.96. The minimum atomic E-state index is 0.240. The van der Waals surface area contributed by atoms with Crippen molar-refractivity contribution < 1.29 is 4.42 Å². The number of likely N-dealkylation sites (N-methyl/N-ethyl adjacent to an activating group) is 1. The number of furan rings is 1. The normalized spacial score (nSPS) is 12.6. The quantitative estimate of drug-likeness (QED) is 0.831. The summed E-state index contributed by atoms with van der Waals surface area (Å²) in [6, 6.07) is 2.22. The van der Waals surface area contributed by atoms with E-state index >= 15 is 0 Å². The number of aromatic nitrogens is 2. The first kappa shape index (κ1) is 10.8. The molecule has 0 aliphatic carbocycles. The van der Waals surface area contributed by atoms with Gasteiger partial charge in [0.05, 0.1) is 12.5 Å². The third-order valence-electron chi connectivity index (χ3n) is 2.45. The third-order valence-corrected chi connectivity index (χ3v) is 2.45. The number of nitrogens with zero attached hydrogens (tertiary/aromatic N) is 2. The molecule has 1 atom stereocenters. The van der Waals surface area contributed by atoms with Gasteiger partial charge < -0.3 is 9.73 Å². The van der Waals surface area contributed by atoms with Crippen LogP contribution in [0.5, 0.6) is 0 Å². The van der Waals surface area contributed by atoms with Crippen molar-refractivity contribution in [2.75, 3.05) is 6.54 Å². The Balaban J connectivity index is 2.11. The first-order valence-corrected chi connectivity index (χ1v) is 5.39. The SMILES string of the molecule is CCNC(Cc1ccoc1)c1cncnc1. The lowest BCUT2D eigenvalue weighted by Gasteiger charge is -2.16. The molecule has 4 nitrogen and oxygen atoms in total. The van der Waals surface area contributed by atoms with Gasteiger partial charge in [0.25, 0.3) is 0 Å². The molecule has 2 heterocycles. The molecule has 0 amide bonds. The first-order valence-electron chi connectivity index (χ1n) is 5.39. The van der Waals surface area contributed by atoms with Gasteiger partial charge in [0, 0.05) is 24.0 Å². The van der Waals surface area contributed by atoms with Crippen molar-refractivity contribution in [3.63, 3.8) is 0 Å². The van der Waals surface area contributed by atoms with E-state index in [9.17, 15) is 0 Å². The zero-order chi connectivity index (χ0) is 11.2. The molecule has 16 heavy (non-hydrogen) atoms. The fourth-order valence-electron chi connectivity index (χ4n) is 1.69. The highest BCUT2D eigenvalue weighted by molar-refractivity contribution is 5.16. The molecule has 0 saturated carbocycles. The summed E-state index contributed by atoms with van der Waals surface area (Å²) in [6.07, 6.45) is 9.59. The van der Waals surface area contributed by atoms with Crippen LogP contribution in [-0.4, -0.2) is 16.5 Å². The smallest absolute Gasteiger partial charge is 0.115 e. The van der Waals surface area contributed by atoms with Crippen molar-refractivity contribution in [1.82, 2.24) is 15.3 Å². The van der Waals surface area contributed by atoms with Crippen LogP contribution >= 0.6 is 0 Å². The summed E-state index contributed by atoms with van der Waals surface area (Å²) in [7, 11) is 0. The van der Waals surface area contributed by atoms with Gasteiger partial charge in [0.1, 0.15) is 6.33 Å². The molecule has 2 aromatic heterocycles. The third kappa shape index (κ3) is 2.67. The largest absolute Gasteiger partial charge is 0.472 e. The summed E-state index contributed by atoms with van der Waals surface area (Å²) in [5.74, 6) is 0. The van der Waals surface area contributed by atoms with Gasteiger partial charge in [-0.05, 0) is 24.6 Å². The van der Waals surface area contributed by atoms with Crippen LogP contribution in [0.15, 0.2) is 41.7 Å². The molecule has 0 radical (unpaired) electrons. The topological polar surface area (TPSA) is 51.0 Å². The van der Waals surface area contributed by atoms with Gasteiger partial charge in [-0.2, -0.15) is 0 Å². The number of hydrogen-bond donors (Lipinski definition) is 1. The molecule has 1 N–H and O–H groups in total. The van der Waals surface area contributed by atoms with E-state index in [0.29, 0.717) is 0 Å². The molecule has 0 spiro atoms. The molecule has 0 aliphatic rings. The highest BCUT2D eigenvalue weighted by Gasteiger charge is 2.11. The maximum atomic E-state index is 5.07. The molecule has 0 saturated heterocycles. The summed E-state index contributed by atoms with van der Waals surface area (Å²) < 4.78 is 5.07. The fraction of sp³-hybridized carbons (Fsp3) is 0.333. The summed E-state index contributed by atoms with van der Waals surface area (Å²) in [4.78, 5) is 8.09. The lowest BCUT2D eigenvalue weighted by molar-refractivity contribution is 0.532. The Hall–Kier alpha value is -1.68. The van der Waals surface area contributed by atoms with Crippen LogP contribution in [0.4, 0.5) is 0 Å². The molecule has 0 aromatic carbocycles. The number of hydrogen-bond acceptors (Lipinski definition) is 4. The molecule has 0 fully saturated rings. The second-order valence-electron chi connectivity index (χ2n) is 3.62. The Bertz CT molecular complexity index is 399. The van der Waals surface area contributed by atoms with Crippen molar-refractivity contribution in [1.29, 1.82) is 0 Å². The van der Waals surface area contributed by atoms with Crippen molar-refractivity contribution in [3.05, 3.63) is 48.4 Å². The zero-order valence-corrected chi connectivity index (χ0v) is 9.26. The Morgan fingerprint density at radius 3 is 2.81 bits per heavy atom. The minimum Gasteiger partial charge on any atom is -0.472 e. The monoisotopic (exact) mass is 217 g/mol. The zero-order valence-electron chi connectivity index (χ0n) is 9.26. The van der Waals surface area contributed by atoms with E-state index in [4.69, 9.17) is 4.42 Å². The molecular weight excluding hydrogens is 202 g/mol. The van der Waals surface area contributed by atoms with Crippen LogP contribution in [0.2, 0.25) is 0 Å². The highest BCUT2D eigenvalue weighted by atomic mass is 16.3. The van der Waals surface area contributed by atoms with E-state index < -0.39 is 0 Å². The molecule has 0 bridgehead atoms. The second-order valence-corrected chi connectivity index (χ2v) is 3.62. The average Bonchev–Trinajstić information content (AvgIpc) is 2.83. The van der Waals surface area contributed by atoms with E-state index in [1.165, 1.54) is 5.56 Å². The van der Waals surface area contributed by atoms with Crippen molar-refractivity contribution >= 4 is 0 Å². The predicted molar refractivity (Wildman–Crippen MR) is 60.9 cm³/mol. The van der Waals surface area contributed by atoms with E-state index in [1.807, 2.05) is 18.5 Å². The molecule has 4 heteroatoms. The van der Waals surface area contributed by atoms with Crippen LogP contribution in [0.3, 0.4) is 0 Å². The Kier molecular flexibility index (Phi) is 3.66. The standard InChI is InChI=1S/C12H15N3O/c1-2-15-12(5-10-3-4-16-8-10)11-6-13-9-14-7-11/h3-4,6-9,12,15H,2,5H2,1H3. The van der Waals surface area contributed by atoms with Gasteiger partial charge in [0.2, 0.25) is 0 Å². The summed E-state index contributed by atoms with van der Waals surface area (Å²) in [6.45, 7) is 3.00. The van der Waals surface area contributed by atoms with Gasteiger partial charge in [-0.3, -0.25) is 0 Å². The Morgan fingerprint density at radius 1 is 1.38 bits per heavy atom. The molecule has 2 rings (SSSR count). The van der Waals surface area contributed by atoms with Crippen LogP contribution in [0.25, 0.3) is 0 Å². The minimum absolute atomic E-state index is 0.240. The van der Waals surface area contributed by atoms with Crippen molar-refractivity contribution in [2.24, 2.45) is 0 Å². The molecule has 84 valence electrons. The van der Waals surface area contributed by atoms with Crippen molar-refractivity contribution in [2.45, 2.75) is 19.4 Å². The van der Waals surface area contributed by atoms with Crippen LogP contribution in [0.1, 0.15) is 24.1 Å². The molecule has 1 unspecified atom stereocenters. The van der Waals surface area contributed by atoms with Crippen LogP contribution < -0.4 is 5.32 Å². The average molecular weight is 217 g/mol. The van der Waals surface area contributed by atoms with Gasteiger partial charge in [-0.25, -0.2) is 9.97 Å².